The Morgan fingerprint density at radius 1 is 1.11 bits per heavy atom. The number of amides is 1. The number of nitrogens with zero attached hydrogens (tertiary/aromatic N) is 2. The lowest BCUT2D eigenvalue weighted by molar-refractivity contribution is -0.384. The van der Waals surface area contributed by atoms with Crippen molar-refractivity contribution in [2.45, 2.75) is 13.0 Å². The SMILES string of the molecule is COC[C@H](C)Oc1cc(/C=C/c2cccc([N+](=O)[O-])c2)cc(C(=O)Nc2ccc(C(=O)O)cn2)c1. The molecule has 2 aromatic carbocycles. The van der Waals surface area contributed by atoms with Crippen LogP contribution in [0, 0.1) is 10.1 Å². The molecule has 0 aliphatic rings. The number of rotatable bonds is 10. The molecule has 3 aromatic rings. The van der Waals surface area contributed by atoms with Gasteiger partial charge < -0.3 is 19.9 Å². The molecule has 35 heavy (non-hydrogen) atoms. The number of carboxylic acids is 1. The van der Waals surface area contributed by atoms with Gasteiger partial charge in [0.2, 0.25) is 0 Å². The summed E-state index contributed by atoms with van der Waals surface area (Å²) < 4.78 is 11.0. The first kappa shape index (κ1) is 25.1. The number of anilines is 1. The van der Waals surface area contributed by atoms with Crippen LogP contribution in [0.25, 0.3) is 12.2 Å². The third-order valence-corrected chi connectivity index (χ3v) is 4.73. The molecule has 0 fully saturated rings. The minimum absolute atomic E-state index is 0.000834. The largest absolute Gasteiger partial charge is 0.488 e. The molecule has 0 unspecified atom stereocenters. The number of ether oxygens (including phenoxy) is 2. The molecular weight excluding hydrogens is 454 g/mol. The summed E-state index contributed by atoms with van der Waals surface area (Å²) in [5, 5.41) is 22.6. The van der Waals surface area contributed by atoms with Gasteiger partial charge in [-0.3, -0.25) is 14.9 Å². The Bertz CT molecular complexity index is 1260. The van der Waals surface area contributed by atoms with E-state index in [1.54, 1.807) is 49.6 Å². The lowest BCUT2D eigenvalue weighted by Crippen LogP contribution is -2.19. The van der Waals surface area contributed by atoms with E-state index in [-0.39, 0.29) is 28.7 Å². The van der Waals surface area contributed by atoms with Gasteiger partial charge in [0.1, 0.15) is 17.7 Å². The van der Waals surface area contributed by atoms with Gasteiger partial charge in [-0.05, 0) is 48.4 Å². The minimum Gasteiger partial charge on any atom is -0.488 e. The number of nitro groups is 1. The molecule has 1 heterocycles. The number of methoxy groups -OCH3 is 1. The van der Waals surface area contributed by atoms with Crippen LogP contribution in [0.1, 0.15) is 38.8 Å². The number of aromatic nitrogens is 1. The first-order valence-corrected chi connectivity index (χ1v) is 10.5. The molecule has 1 aromatic heterocycles. The van der Waals surface area contributed by atoms with E-state index in [0.29, 0.717) is 23.5 Å². The van der Waals surface area contributed by atoms with Gasteiger partial charge in [0.25, 0.3) is 11.6 Å². The molecule has 10 heteroatoms. The first-order chi connectivity index (χ1) is 16.7. The van der Waals surface area contributed by atoms with Gasteiger partial charge in [-0.2, -0.15) is 0 Å². The van der Waals surface area contributed by atoms with Crippen LogP contribution < -0.4 is 10.1 Å². The van der Waals surface area contributed by atoms with E-state index in [1.807, 2.05) is 6.92 Å². The Labute approximate surface area is 201 Å². The van der Waals surface area contributed by atoms with Crippen molar-refractivity contribution in [3.05, 3.63) is 93.2 Å². The number of carbonyl (C=O) groups excluding carboxylic acids is 1. The van der Waals surface area contributed by atoms with Crippen LogP contribution in [-0.4, -0.2) is 46.7 Å². The topological polar surface area (TPSA) is 141 Å². The number of aromatic carboxylic acids is 1. The Balaban J connectivity index is 1.88. The zero-order valence-corrected chi connectivity index (χ0v) is 19.0. The van der Waals surface area contributed by atoms with Crippen LogP contribution in [0.15, 0.2) is 60.8 Å². The predicted molar refractivity (Wildman–Crippen MR) is 130 cm³/mol. The maximum absolute atomic E-state index is 12.9. The van der Waals surface area contributed by atoms with Crippen LogP contribution in [0.5, 0.6) is 5.75 Å². The van der Waals surface area contributed by atoms with Crippen LogP contribution in [0.2, 0.25) is 0 Å². The van der Waals surface area contributed by atoms with Gasteiger partial charge in [0.05, 0.1) is 17.1 Å². The van der Waals surface area contributed by atoms with E-state index in [4.69, 9.17) is 14.6 Å². The summed E-state index contributed by atoms with van der Waals surface area (Å²) in [6.45, 7) is 2.16. The second kappa shape index (κ2) is 11.5. The first-order valence-electron chi connectivity index (χ1n) is 10.5. The molecule has 0 aliphatic carbocycles. The fraction of sp³-hybridized carbons (Fsp3) is 0.160. The van der Waals surface area contributed by atoms with Crippen LogP contribution in [-0.2, 0) is 4.74 Å². The second-order valence-corrected chi connectivity index (χ2v) is 7.55. The number of benzene rings is 2. The molecule has 0 radical (unpaired) electrons. The van der Waals surface area contributed by atoms with E-state index >= 15 is 0 Å². The number of carboxylic acid groups (broad SMARTS) is 1. The van der Waals surface area contributed by atoms with Crippen molar-refractivity contribution >= 4 is 35.5 Å². The van der Waals surface area contributed by atoms with Gasteiger partial charge in [-0.15, -0.1) is 0 Å². The Morgan fingerprint density at radius 3 is 2.54 bits per heavy atom. The predicted octanol–water partition coefficient (Wildman–Crippen LogP) is 4.52. The average molecular weight is 477 g/mol. The standard InChI is InChI=1S/C25H23N3O7/c1-16(15-34-2)35-22-12-18(7-6-17-4-3-5-21(11-17)28(32)33)10-20(13-22)24(29)27-23-9-8-19(14-26-23)25(30)31/h3-14,16H,15H2,1-2H3,(H,30,31)(H,26,27,29)/b7-6+/t16-/m0/s1. The van der Waals surface area contributed by atoms with E-state index in [9.17, 15) is 19.7 Å². The van der Waals surface area contributed by atoms with Crippen LogP contribution in [0.4, 0.5) is 11.5 Å². The van der Waals surface area contributed by atoms with Gasteiger partial charge in [-0.25, -0.2) is 9.78 Å². The van der Waals surface area contributed by atoms with Gasteiger partial charge in [0, 0.05) is 31.0 Å². The van der Waals surface area contributed by atoms with E-state index in [1.165, 1.54) is 24.3 Å². The third kappa shape index (κ3) is 7.21. The molecule has 0 saturated carbocycles. The highest BCUT2D eigenvalue weighted by Gasteiger charge is 2.13. The minimum atomic E-state index is -1.12. The maximum Gasteiger partial charge on any atom is 0.337 e. The van der Waals surface area contributed by atoms with Crippen molar-refractivity contribution in [1.29, 1.82) is 0 Å². The fourth-order valence-electron chi connectivity index (χ4n) is 3.14. The van der Waals surface area contributed by atoms with Gasteiger partial charge in [0.15, 0.2) is 0 Å². The van der Waals surface area contributed by atoms with E-state index in [2.05, 4.69) is 10.3 Å². The molecular formula is C25H23N3O7. The lowest BCUT2D eigenvalue weighted by Gasteiger charge is -2.15. The summed E-state index contributed by atoms with van der Waals surface area (Å²) in [5.74, 6) is -0.983. The summed E-state index contributed by atoms with van der Waals surface area (Å²) in [5.41, 5.74) is 1.48. The smallest absolute Gasteiger partial charge is 0.337 e. The lowest BCUT2D eigenvalue weighted by atomic mass is 10.1. The highest BCUT2D eigenvalue weighted by Crippen LogP contribution is 2.22. The number of pyridine rings is 1. The number of hydrogen-bond donors (Lipinski definition) is 2. The molecule has 2 N–H and O–H groups in total. The quantitative estimate of drug-likeness (QED) is 0.247. The highest BCUT2D eigenvalue weighted by molar-refractivity contribution is 6.04. The Hall–Kier alpha value is -4.57. The molecule has 0 spiro atoms. The van der Waals surface area contributed by atoms with Crippen molar-refractivity contribution in [3.8, 4) is 5.75 Å². The number of non-ortho nitro benzene ring substituents is 1. The number of carbonyl (C=O) groups is 2. The molecule has 3 rings (SSSR count). The zero-order valence-electron chi connectivity index (χ0n) is 19.0. The summed E-state index contributed by atoms with van der Waals surface area (Å²) in [6.07, 6.45) is 4.27. The molecule has 0 bridgehead atoms. The number of hydrogen-bond acceptors (Lipinski definition) is 7. The normalized spacial score (nSPS) is 11.7. The van der Waals surface area contributed by atoms with E-state index < -0.39 is 16.8 Å². The van der Waals surface area contributed by atoms with Crippen molar-refractivity contribution in [2.24, 2.45) is 0 Å². The second-order valence-electron chi connectivity index (χ2n) is 7.55. The maximum atomic E-state index is 12.9. The molecule has 1 amide bonds. The Kier molecular flexibility index (Phi) is 8.25. The number of nitro benzene ring substituents is 1. The summed E-state index contributed by atoms with van der Waals surface area (Å²) in [4.78, 5) is 38.4. The van der Waals surface area contributed by atoms with Crippen molar-refractivity contribution in [1.82, 2.24) is 4.98 Å². The van der Waals surface area contributed by atoms with Gasteiger partial charge >= 0.3 is 5.97 Å². The Morgan fingerprint density at radius 2 is 1.89 bits per heavy atom. The monoisotopic (exact) mass is 477 g/mol. The molecule has 180 valence electrons. The molecule has 10 nitrogen and oxygen atoms in total. The zero-order chi connectivity index (χ0) is 25.4. The van der Waals surface area contributed by atoms with Crippen molar-refractivity contribution < 1.29 is 29.1 Å². The average Bonchev–Trinajstić information content (AvgIpc) is 2.83. The summed E-state index contributed by atoms with van der Waals surface area (Å²) >= 11 is 0. The molecule has 0 saturated heterocycles. The third-order valence-electron chi connectivity index (χ3n) is 4.73. The summed E-state index contributed by atoms with van der Waals surface area (Å²) in [6, 6.07) is 13.8. The van der Waals surface area contributed by atoms with Crippen molar-refractivity contribution in [3.63, 3.8) is 0 Å². The molecule has 0 aliphatic heterocycles. The summed E-state index contributed by atoms with van der Waals surface area (Å²) in [7, 11) is 1.56. The van der Waals surface area contributed by atoms with Crippen molar-refractivity contribution in [2.75, 3.05) is 19.0 Å². The highest BCUT2D eigenvalue weighted by atomic mass is 16.6. The van der Waals surface area contributed by atoms with Crippen LogP contribution >= 0.6 is 0 Å². The van der Waals surface area contributed by atoms with Gasteiger partial charge in [-0.1, -0.05) is 24.3 Å². The van der Waals surface area contributed by atoms with E-state index in [0.717, 1.165) is 6.20 Å². The molecule has 1 atom stereocenters. The van der Waals surface area contributed by atoms with Crippen LogP contribution in [0.3, 0.4) is 0 Å². The fourth-order valence-corrected chi connectivity index (χ4v) is 3.14. The number of nitrogens with one attached hydrogen (secondary N) is 1.